The molecule has 0 spiro atoms. The van der Waals surface area contributed by atoms with Gasteiger partial charge < -0.3 is 25.2 Å². The van der Waals surface area contributed by atoms with Gasteiger partial charge in [0.15, 0.2) is 0 Å². The Morgan fingerprint density at radius 1 is 1.17 bits per heavy atom. The molecule has 1 atom stereocenters. The lowest BCUT2D eigenvalue weighted by atomic mass is 9.78. The Balaban J connectivity index is 0.00000320. The van der Waals surface area contributed by atoms with Crippen molar-refractivity contribution in [3.05, 3.63) is 65.7 Å². The maximum Gasteiger partial charge on any atom is 0.228 e. The van der Waals surface area contributed by atoms with E-state index in [1.165, 1.54) is 0 Å². The molecule has 1 saturated heterocycles. The minimum atomic E-state index is -0.805. The van der Waals surface area contributed by atoms with Crippen molar-refractivity contribution in [2.75, 3.05) is 33.4 Å². The van der Waals surface area contributed by atoms with Crippen LogP contribution in [-0.4, -0.2) is 44.4 Å². The Labute approximate surface area is 184 Å². The second kappa shape index (κ2) is 11.9. The van der Waals surface area contributed by atoms with E-state index < -0.39 is 11.5 Å². The van der Waals surface area contributed by atoms with Gasteiger partial charge in [0, 0.05) is 13.7 Å². The van der Waals surface area contributed by atoms with Crippen molar-refractivity contribution in [1.82, 2.24) is 10.6 Å². The van der Waals surface area contributed by atoms with Gasteiger partial charge in [0.2, 0.25) is 5.91 Å². The lowest BCUT2D eigenvalue weighted by molar-refractivity contribution is -0.136. The first kappa shape index (κ1) is 24.2. The van der Waals surface area contributed by atoms with Crippen LogP contribution in [0.4, 0.5) is 0 Å². The Kier molecular flexibility index (Phi) is 9.59. The summed E-state index contributed by atoms with van der Waals surface area (Å²) in [6, 6.07) is 17.3. The number of aliphatic hydroxyl groups is 1. The van der Waals surface area contributed by atoms with E-state index in [1.807, 2.05) is 54.6 Å². The third-order valence-corrected chi connectivity index (χ3v) is 5.41. The molecule has 1 unspecified atom stereocenters. The molecule has 1 fully saturated rings. The predicted octanol–water partition coefficient (Wildman–Crippen LogP) is 2.85. The minimum Gasteiger partial charge on any atom is -0.489 e. The molecule has 1 aliphatic rings. The zero-order chi connectivity index (χ0) is 20.5. The molecular weight excluding hydrogens is 404 g/mol. The van der Waals surface area contributed by atoms with Gasteiger partial charge in [0.05, 0.1) is 18.1 Å². The number of nitrogens with one attached hydrogen (secondary N) is 2. The van der Waals surface area contributed by atoms with Crippen LogP contribution in [0.15, 0.2) is 54.6 Å². The van der Waals surface area contributed by atoms with Crippen molar-refractivity contribution < 1.29 is 19.4 Å². The Bertz CT molecular complexity index is 776. The fourth-order valence-corrected chi connectivity index (χ4v) is 3.67. The van der Waals surface area contributed by atoms with Gasteiger partial charge >= 0.3 is 0 Å². The van der Waals surface area contributed by atoms with E-state index in [1.54, 1.807) is 7.11 Å². The maximum atomic E-state index is 12.8. The Hall–Kier alpha value is -2.12. The first-order valence-electron chi connectivity index (χ1n) is 10.1. The maximum absolute atomic E-state index is 12.8. The van der Waals surface area contributed by atoms with Crippen LogP contribution in [0.1, 0.15) is 30.1 Å². The normalized spacial score (nSPS) is 16.2. The van der Waals surface area contributed by atoms with Gasteiger partial charge in [0.1, 0.15) is 12.4 Å². The van der Waals surface area contributed by atoms with Crippen LogP contribution < -0.4 is 15.4 Å². The molecule has 6 nitrogen and oxygen atoms in total. The lowest BCUT2D eigenvalue weighted by Crippen LogP contribution is -2.50. The average molecular weight is 435 g/mol. The molecule has 3 N–H and O–H groups in total. The van der Waals surface area contributed by atoms with Gasteiger partial charge in [-0.25, -0.2) is 0 Å². The van der Waals surface area contributed by atoms with Crippen LogP contribution >= 0.6 is 12.4 Å². The fourth-order valence-electron chi connectivity index (χ4n) is 3.67. The van der Waals surface area contributed by atoms with Crippen LogP contribution in [0.5, 0.6) is 5.75 Å². The van der Waals surface area contributed by atoms with Crippen molar-refractivity contribution in [1.29, 1.82) is 0 Å². The van der Waals surface area contributed by atoms with Crippen LogP contribution in [0.3, 0.4) is 0 Å². The number of methoxy groups -OCH3 is 1. The number of piperidine rings is 1. The van der Waals surface area contributed by atoms with Crippen molar-refractivity contribution >= 4 is 18.3 Å². The molecule has 1 heterocycles. The van der Waals surface area contributed by atoms with Gasteiger partial charge in [-0.1, -0.05) is 42.5 Å². The lowest BCUT2D eigenvalue weighted by Gasteiger charge is -2.35. The average Bonchev–Trinajstić information content (AvgIpc) is 2.77. The fraction of sp³-hybridized carbons (Fsp3) is 0.435. The summed E-state index contributed by atoms with van der Waals surface area (Å²) in [6.45, 7) is 2.59. The summed E-state index contributed by atoms with van der Waals surface area (Å²) >= 11 is 0. The topological polar surface area (TPSA) is 79.8 Å². The number of carbonyl (C=O) groups is 1. The largest absolute Gasteiger partial charge is 0.489 e. The molecule has 2 aromatic rings. The zero-order valence-electron chi connectivity index (χ0n) is 17.3. The second-order valence-corrected chi connectivity index (χ2v) is 7.54. The number of hydrogen-bond acceptors (Lipinski definition) is 5. The molecule has 0 aliphatic carbocycles. The van der Waals surface area contributed by atoms with E-state index in [-0.39, 0.29) is 24.9 Å². The van der Waals surface area contributed by atoms with E-state index in [2.05, 4.69) is 10.6 Å². The van der Waals surface area contributed by atoms with Crippen LogP contribution in [0, 0.1) is 5.41 Å². The number of ether oxygens (including phenoxy) is 2. The number of halogens is 1. The predicted molar refractivity (Wildman–Crippen MR) is 119 cm³/mol. The minimum absolute atomic E-state index is 0. The van der Waals surface area contributed by atoms with Gasteiger partial charge in [-0.2, -0.15) is 0 Å². The first-order chi connectivity index (χ1) is 14.1. The van der Waals surface area contributed by atoms with Crippen LogP contribution in [0.2, 0.25) is 0 Å². The molecule has 3 rings (SSSR count). The SMILES string of the molecule is COCC1(C(=O)NCC(O)c2cccc(OCc3ccccc3)c2)CCNCC1.Cl. The molecule has 164 valence electrons. The third kappa shape index (κ3) is 6.44. The molecule has 2 aromatic carbocycles. The molecule has 7 heteroatoms. The Morgan fingerprint density at radius 2 is 1.90 bits per heavy atom. The van der Waals surface area contributed by atoms with Crippen molar-refractivity contribution in [2.24, 2.45) is 5.41 Å². The molecular formula is C23H31ClN2O4. The van der Waals surface area contributed by atoms with Gasteiger partial charge in [-0.05, 0) is 49.2 Å². The van der Waals surface area contributed by atoms with E-state index in [4.69, 9.17) is 9.47 Å². The van der Waals surface area contributed by atoms with E-state index >= 15 is 0 Å². The molecule has 0 radical (unpaired) electrons. The molecule has 0 saturated carbocycles. The summed E-state index contributed by atoms with van der Waals surface area (Å²) in [5, 5.41) is 16.8. The molecule has 30 heavy (non-hydrogen) atoms. The van der Waals surface area contributed by atoms with Crippen molar-refractivity contribution in [2.45, 2.75) is 25.6 Å². The number of rotatable bonds is 9. The monoisotopic (exact) mass is 434 g/mol. The zero-order valence-corrected chi connectivity index (χ0v) is 18.1. The van der Waals surface area contributed by atoms with Crippen molar-refractivity contribution in [3.8, 4) is 5.75 Å². The van der Waals surface area contributed by atoms with Gasteiger partial charge in [0.25, 0.3) is 0 Å². The van der Waals surface area contributed by atoms with Crippen molar-refractivity contribution in [3.63, 3.8) is 0 Å². The van der Waals surface area contributed by atoms with E-state index in [0.717, 1.165) is 31.5 Å². The number of hydrogen-bond donors (Lipinski definition) is 3. The standard InChI is InChI=1S/C23H30N2O4.ClH/c1-28-17-23(10-12-24-13-11-23)22(27)25-15-21(26)19-8-5-9-20(14-19)29-16-18-6-3-2-4-7-18;/h2-9,14,21,24,26H,10-13,15-17H2,1H3,(H,25,27);1H. The summed E-state index contributed by atoms with van der Waals surface area (Å²) in [5.41, 5.74) is 1.26. The highest BCUT2D eigenvalue weighted by Gasteiger charge is 2.39. The van der Waals surface area contributed by atoms with Crippen LogP contribution in [0.25, 0.3) is 0 Å². The molecule has 1 aliphatic heterocycles. The van der Waals surface area contributed by atoms with E-state index in [9.17, 15) is 9.90 Å². The number of amides is 1. The third-order valence-electron chi connectivity index (χ3n) is 5.41. The highest BCUT2D eigenvalue weighted by molar-refractivity contribution is 5.85. The first-order valence-corrected chi connectivity index (χ1v) is 10.1. The smallest absolute Gasteiger partial charge is 0.228 e. The molecule has 0 aromatic heterocycles. The van der Waals surface area contributed by atoms with Crippen LogP contribution in [-0.2, 0) is 16.1 Å². The number of aliphatic hydroxyl groups excluding tert-OH is 1. The Morgan fingerprint density at radius 3 is 2.60 bits per heavy atom. The molecule has 0 bridgehead atoms. The summed E-state index contributed by atoms with van der Waals surface area (Å²) < 4.78 is 11.1. The molecule has 1 amide bonds. The van der Waals surface area contributed by atoms with Gasteiger partial charge in [-0.3, -0.25) is 4.79 Å². The highest BCUT2D eigenvalue weighted by Crippen LogP contribution is 2.29. The summed E-state index contributed by atoms with van der Waals surface area (Å²) in [5.74, 6) is 0.627. The van der Waals surface area contributed by atoms with Gasteiger partial charge in [-0.15, -0.1) is 12.4 Å². The second-order valence-electron chi connectivity index (χ2n) is 7.54. The van der Waals surface area contributed by atoms with E-state index in [0.29, 0.717) is 24.5 Å². The number of carbonyl (C=O) groups excluding carboxylic acids is 1. The summed E-state index contributed by atoms with van der Waals surface area (Å²) in [7, 11) is 1.62. The summed E-state index contributed by atoms with van der Waals surface area (Å²) in [4.78, 5) is 12.8. The quantitative estimate of drug-likeness (QED) is 0.565. The highest BCUT2D eigenvalue weighted by atomic mass is 35.5. The summed E-state index contributed by atoms with van der Waals surface area (Å²) in [6.07, 6.45) is 0.650. The number of benzene rings is 2.